The van der Waals surface area contributed by atoms with Crippen molar-refractivity contribution in [2.45, 2.75) is 13.5 Å². The van der Waals surface area contributed by atoms with Crippen LogP contribution in [0.1, 0.15) is 21.6 Å². The Balaban J connectivity index is 1.95. The standard InChI is InChI=1S/C15H18N2O/c1-12-6-3-4-7-13(12)10-17(2)11-15(18)14-8-5-9-16-14/h3-9,16H,10-11H2,1-2H3. The third-order valence-corrected chi connectivity index (χ3v) is 3.01. The van der Waals surface area contributed by atoms with Crippen molar-refractivity contribution in [2.24, 2.45) is 0 Å². The van der Waals surface area contributed by atoms with Crippen LogP contribution in [-0.2, 0) is 6.54 Å². The fourth-order valence-electron chi connectivity index (χ4n) is 1.97. The SMILES string of the molecule is Cc1ccccc1CN(C)CC(=O)c1ccc[nH]1. The van der Waals surface area contributed by atoms with E-state index in [2.05, 4.69) is 24.0 Å². The number of H-pyrrole nitrogens is 1. The van der Waals surface area contributed by atoms with Crippen molar-refractivity contribution in [2.75, 3.05) is 13.6 Å². The first-order valence-corrected chi connectivity index (χ1v) is 6.06. The Kier molecular flexibility index (Phi) is 3.95. The molecule has 3 heteroatoms. The number of benzene rings is 1. The molecule has 1 N–H and O–H groups in total. The molecule has 0 aliphatic heterocycles. The Morgan fingerprint density at radius 3 is 2.67 bits per heavy atom. The lowest BCUT2D eigenvalue weighted by Crippen LogP contribution is -2.26. The summed E-state index contributed by atoms with van der Waals surface area (Å²) in [6.07, 6.45) is 1.77. The summed E-state index contributed by atoms with van der Waals surface area (Å²) < 4.78 is 0. The second-order valence-electron chi connectivity index (χ2n) is 4.61. The number of carbonyl (C=O) groups excluding carboxylic acids is 1. The van der Waals surface area contributed by atoms with Crippen LogP contribution >= 0.6 is 0 Å². The fraction of sp³-hybridized carbons (Fsp3) is 0.267. The van der Waals surface area contributed by atoms with Crippen LogP contribution < -0.4 is 0 Å². The topological polar surface area (TPSA) is 36.1 Å². The normalized spacial score (nSPS) is 10.8. The summed E-state index contributed by atoms with van der Waals surface area (Å²) in [5.74, 6) is 0.121. The molecule has 18 heavy (non-hydrogen) atoms. The molecule has 2 rings (SSSR count). The number of rotatable bonds is 5. The molecular weight excluding hydrogens is 224 g/mol. The van der Waals surface area contributed by atoms with Crippen LogP contribution in [0.4, 0.5) is 0 Å². The van der Waals surface area contributed by atoms with Crippen LogP contribution in [0, 0.1) is 6.92 Å². The molecule has 0 fully saturated rings. The third-order valence-electron chi connectivity index (χ3n) is 3.01. The summed E-state index contributed by atoms with van der Waals surface area (Å²) in [7, 11) is 1.97. The lowest BCUT2D eigenvalue weighted by molar-refractivity contribution is 0.0938. The van der Waals surface area contributed by atoms with Crippen LogP contribution in [0.25, 0.3) is 0 Å². The minimum Gasteiger partial charge on any atom is -0.359 e. The van der Waals surface area contributed by atoms with E-state index in [4.69, 9.17) is 0 Å². The number of hydrogen-bond acceptors (Lipinski definition) is 2. The van der Waals surface area contributed by atoms with Gasteiger partial charge in [-0.25, -0.2) is 0 Å². The number of likely N-dealkylation sites (N-methyl/N-ethyl adjacent to an activating group) is 1. The predicted molar refractivity (Wildman–Crippen MR) is 72.6 cm³/mol. The summed E-state index contributed by atoms with van der Waals surface area (Å²) in [6.45, 7) is 3.31. The molecule has 0 spiro atoms. The molecule has 0 saturated carbocycles. The van der Waals surface area contributed by atoms with E-state index in [0.717, 1.165) is 6.54 Å². The maximum atomic E-state index is 11.9. The summed E-state index contributed by atoms with van der Waals surface area (Å²) >= 11 is 0. The van der Waals surface area contributed by atoms with Gasteiger partial charge in [0.25, 0.3) is 0 Å². The second-order valence-corrected chi connectivity index (χ2v) is 4.61. The lowest BCUT2D eigenvalue weighted by atomic mass is 10.1. The van der Waals surface area contributed by atoms with Gasteiger partial charge in [0.2, 0.25) is 0 Å². The van der Waals surface area contributed by atoms with Gasteiger partial charge in [0.15, 0.2) is 5.78 Å². The van der Waals surface area contributed by atoms with Gasteiger partial charge in [0, 0.05) is 12.7 Å². The fourth-order valence-corrected chi connectivity index (χ4v) is 1.97. The van der Waals surface area contributed by atoms with E-state index in [1.54, 1.807) is 6.20 Å². The van der Waals surface area contributed by atoms with Crippen LogP contribution in [0.15, 0.2) is 42.6 Å². The molecule has 0 aliphatic carbocycles. The van der Waals surface area contributed by atoms with E-state index < -0.39 is 0 Å². The zero-order valence-corrected chi connectivity index (χ0v) is 10.8. The number of hydrogen-bond donors (Lipinski definition) is 1. The molecular formula is C15H18N2O. The van der Waals surface area contributed by atoms with E-state index >= 15 is 0 Å². The largest absolute Gasteiger partial charge is 0.359 e. The highest BCUT2D eigenvalue weighted by atomic mass is 16.1. The first kappa shape index (κ1) is 12.6. The molecule has 94 valence electrons. The molecule has 1 aromatic heterocycles. The maximum Gasteiger partial charge on any atom is 0.192 e. The Hall–Kier alpha value is -1.87. The zero-order chi connectivity index (χ0) is 13.0. The van der Waals surface area contributed by atoms with E-state index in [1.807, 2.05) is 36.2 Å². The van der Waals surface area contributed by atoms with Crippen LogP contribution in [-0.4, -0.2) is 29.3 Å². The average Bonchev–Trinajstić information content (AvgIpc) is 2.85. The monoisotopic (exact) mass is 242 g/mol. The van der Waals surface area contributed by atoms with Crippen LogP contribution in [0.5, 0.6) is 0 Å². The van der Waals surface area contributed by atoms with Crippen molar-refractivity contribution in [3.05, 3.63) is 59.4 Å². The van der Waals surface area contributed by atoms with E-state index in [0.29, 0.717) is 12.2 Å². The summed E-state index contributed by atoms with van der Waals surface area (Å²) in [5.41, 5.74) is 3.20. The van der Waals surface area contributed by atoms with Crippen molar-refractivity contribution >= 4 is 5.78 Å². The summed E-state index contributed by atoms with van der Waals surface area (Å²) in [5, 5.41) is 0. The molecule has 3 nitrogen and oxygen atoms in total. The molecule has 1 heterocycles. The highest BCUT2D eigenvalue weighted by Gasteiger charge is 2.10. The molecule has 2 aromatic rings. The Morgan fingerprint density at radius 1 is 1.22 bits per heavy atom. The number of Topliss-reactive ketones (excluding diaryl/α,β-unsaturated/α-hetero) is 1. The van der Waals surface area contributed by atoms with Gasteiger partial charge in [0.1, 0.15) is 0 Å². The van der Waals surface area contributed by atoms with E-state index in [1.165, 1.54) is 11.1 Å². The maximum absolute atomic E-state index is 11.9. The van der Waals surface area contributed by atoms with Crippen molar-refractivity contribution < 1.29 is 4.79 Å². The van der Waals surface area contributed by atoms with E-state index in [-0.39, 0.29) is 5.78 Å². The number of aromatic amines is 1. The number of aromatic nitrogens is 1. The molecule has 0 aliphatic rings. The molecule has 0 radical (unpaired) electrons. The molecule has 0 unspecified atom stereocenters. The number of nitrogens with one attached hydrogen (secondary N) is 1. The van der Waals surface area contributed by atoms with Gasteiger partial charge < -0.3 is 4.98 Å². The highest BCUT2D eigenvalue weighted by Crippen LogP contribution is 2.09. The molecule has 0 atom stereocenters. The minimum atomic E-state index is 0.121. The highest BCUT2D eigenvalue weighted by molar-refractivity contribution is 5.95. The van der Waals surface area contributed by atoms with Gasteiger partial charge in [-0.05, 0) is 37.2 Å². The van der Waals surface area contributed by atoms with Gasteiger partial charge in [0.05, 0.1) is 12.2 Å². The second kappa shape index (κ2) is 5.65. The Morgan fingerprint density at radius 2 is 2.00 bits per heavy atom. The Bertz CT molecular complexity index is 517. The molecule has 0 saturated heterocycles. The predicted octanol–water partition coefficient (Wildman–Crippen LogP) is 2.64. The average molecular weight is 242 g/mol. The van der Waals surface area contributed by atoms with Crippen molar-refractivity contribution in [1.82, 2.24) is 9.88 Å². The molecule has 0 bridgehead atoms. The summed E-state index contributed by atoms with van der Waals surface area (Å²) in [6, 6.07) is 11.9. The van der Waals surface area contributed by atoms with E-state index in [9.17, 15) is 4.79 Å². The molecule has 1 aromatic carbocycles. The van der Waals surface area contributed by atoms with Gasteiger partial charge in [-0.2, -0.15) is 0 Å². The zero-order valence-electron chi connectivity index (χ0n) is 10.8. The number of aryl methyl sites for hydroxylation is 1. The van der Waals surface area contributed by atoms with Crippen molar-refractivity contribution in [1.29, 1.82) is 0 Å². The van der Waals surface area contributed by atoms with Gasteiger partial charge in [-0.15, -0.1) is 0 Å². The van der Waals surface area contributed by atoms with Crippen molar-refractivity contribution in [3.8, 4) is 0 Å². The third kappa shape index (κ3) is 3.08. The first-order chi connectivity index (χ1) is 8.66. The first-order valence-electron chi connectivity index (χ1n) is 6.06. The van der Waals surface area contributed by atoms with Crippen LogP contribution in [0.2, 0.25) is 0 Å². The number of carbonyl (C=O) groups is 1. The van der Waals surface area contributed by atoms with Gasteiger partial charge in [-0.1, -0.05) is 24.3 Å². The van der Waals surface area contributed by atoms with Crippen LogP contribution in [0.3, 0.4) is 0 Å². The minimum absolute atomic E-state index is 0.121. The Labute approximate surface area is 107 Å². The quantitative estimate of drug-likeness (QED) is 0.818. The smallest absolute Gasteiger partial charge is 0.192 e. The summed E-state index contributed by atoms with van der Waals surface area (Å²) in [4.78, 5) is 16.9. The van der Waals surface area contributed by atoms with Crippen molar-refractivity contribution in [3.63, 3.8) is 0 Å². The number of ketones is 1. The van der Waals surface area contributed by atoms with Gasteiger partial charge in [-0.3, -0.25) is 9.69 Å². The van der Waals surface area contributed by atoms with Gasteiger partial charge >= 0.3 is 0 Å². The number of nitrogens with zero attached hydrogens (tertiary/aromatic N) is 1. The lowest BCUT2D eigenvalue weighted by Gasteiger charge is -2.16. The molecule has 0 amide bonds.